The van der Waals surface area contributed by atoms with Gasteiger partial charge in [0.05, 0.1) is 24.2 Å². The number of amides is 2. The van der Waals surface area contributed by atoms with E-state index in [1.807, 2.05) is 48.5 Å². The Morgan fingerprint density at radius 1 is 1.24 bits per heavy atom. The number of hydrogen-bond acceptors (Lipinski definition) is 4. The van der Waals surface area contributed by atoms with Gasteiger partial charge in [0, 0.05) is 12.6 Å². The van der Waals surface area contributed by atoms with Crippen molar-refractivity contribution in [2.75, 3.05) is 20.2 Å². The van der Waals surface area contributed by atoms with E-state index in [0.29, 0.717) is 6.42 Å². The second kappa shape index (κ2) is 8.96. The van der Waals surface area contributed by atoms with Gasteiger partial charge < -0.3 is 25.7 Å². The van der Waals surface area contributed by atoms with Crippen LogP contribution in [0.1, 0.15) is 30.3 Å². The maximum absolute atomic E-state index is 12.7. The van der Waals surface area contributed by atoms with Crippen LogP contribution in [0.15, 0.2) is 48.5 Å². The van der Waals surface area contributed by atoms with Crippen LogP contribution in [0, 0.1) is 0 Å². The van der Waals surface area contributed by atoms with Crippen LogP contribution >= 0.6 is 0 Å². The number of hydrogen-bond donors (Lipinski definition) is 4. The summed E-state index contributed by atoms with van der Waals surface area (Å²) in [6.07, 6.45) is 2.69. The van der Waals surface area contributed by atoms with Crippen molar-refractivity contribution in [1.29, 1.82) is 0 Å². The van der Waals surface area contributed by atoms with Gasteiger partial charge in [-0.1, -0.05) is 24.3 Å². The Kier molecular flexibility index (Phi) is 5.95. The molecule has 7 heteroatoms. The first-order valence-electron chi connectivity index (χ1n) is 10.1. The molecule has 0 radical (unpaired) electrons. The first-order valence-corrected chi connectivity index (χ1v) is 10.1. The Morgan fingerprint density at radius 3 is 2.79 bits per heavy atom. The lowest BCUT2D eigenvalue weighted by atomic mass is 10.1. The van der Waals surface area contributed by atoms with Gasteiger partial charge in [0.1, 0.15) is 11.6 Å². The minimum atomic E-state index is -0.271. The van der Waals surface area contributed by atoms with Crippen molar-refractivity contribution < 1.29 is 9.53 Å². The van der Waals surface area contributed by atoms with Gasteiger partial charge in [-0.05, 0) is 55.6 Å². The highest BCUT2D eigenvalue weighted by Crippen LogP contribution is 2.21. The van der Waals surface area contributed by atoms with E-state index in [1.54, 1.807) is 7.11 Å². The number of carbonyl (C=O) groups excluding carboxylic acids is 1. The molecule has 0 bridgehead atoms. The Morgan fingerprint density at radius 2 is 2.07 bits per heavy atom. The molecule has 2 heterocycles. The molecular formula is C22H27N5O2. The lowest BCUT2D eigenvalue weighted by Crippen LogP contribution is -2.50. The third kappa shape index (κ3) is 4.86. The number of carbonyl (C=O) groups is 1. The second-order valence-electron chi connectivity index (χ2n) is 7.41. The van der Waals surface area contributed by atoms with E-state index >= 15 is 0 Å². The molecule has 1 unspecified atom stereocenters. The van der Waals surface area contributed by atoms with Crippen molar-refractivity contribution in [3.05, 3.63) is 59.9 Å². The summed E-state index contributed by atoms with van der Waals surface area (Å²) in [5, 5.41) is 9.52. The normalized spacial score (nSPS) is 17.6. The molecule has 7 nitrogen and oxygen atoms in total. The first kappa shape index (κ1) is 19.3. The fourth-order valence-corrected chi connectivity index (χ4v) is 3.71. The number of nitrogens with one attached hydrogen (secondary N) is 4. The fourth-order valence-electron chi connectivity index (χ4n) is 3.71. The van der Waals surface area contributed by atoms with E-state index in [9.17, 15) is 4.79 Å². The third-order valence-corrected chi connectivity index (χ3v) is 5.27. The smallest absolute Gasteiger partial charge is 0.315 e. The summed E-state index contributed by atoms with van der Waals surface area (Å²) in [7, 11) is 1.65. The van der Waals surface area contributed by atoms with Crippen LogP contribution in [0.5, 0.6) is 5.75 Å². The molecule has 29 heavy (non-hydrogen) atoms. The second-order valence-corrected chi connectivity index (χ2v) is 7.41. The zero-order valence-electron chi connectivity index (χ0n) is 16.6. The summed E-state index contributed by atoms with van der Waals surface area (Å²) in [6.45, 7) is 1.82. The van der Waals surface area contributed by atoms with Crippen LogP contribution in [-0.4, -0.2) is 42.2 Å². The summed E-state index contributed by atoms with van der Waals surface area (Å²) in [5.74, 6) is 1.56. The van der Waals surface area contributed by atoms with Crippen molar-refractivity contribution in [2.24, 2.45) is 0 Å². The van der Waals surface area contributed by atoms with Crippen molar-refractivity contribution >= 4 is 17.1 Å². The summed E-state index contributed by atoms with van der Waals surface area (Å²) < 4.78 is 5.24. The Bertz CT molecular complexity index is 914. The number of urea groups is 1. The molecule has 2 amide bonds. The van der Waals surface area contributed by atoms with Gasteiger partial charge in [-0.2, -0.15) is 0 Å². The number of benzene rings is 2. The average Bonchev–Trinajstić information content (AvgIpc) is 3.19. The molecule has 3 aromatic rings. The van der Waals surface area contributed by atoms with Crippen molar-refractivity contribution in [3.8, 4) is 5.75 Å². The van der Waals surface area contributed by atoms with Crippen LogP contribution in [0.2, 0.25) is 0 Å². The molecule has 1 aliphatic heterocycles. The minimum absolute atomic E-state index is 0.154. The minimum Gasteiger partial charge on any atom is -0.497 e. The molecule has 2 aromatic carbocycles. The summed E-state index contributed by atoms with van der Waals surface area (Å²) in [4.78, 5) is 20.8. The van der Waals surface area contributed by atoms with Crippen LogP contribution in [0.3, 0.4) is 0 Å². The molecule has 0 spiro atoms. The van der Waals surface area contributed by atoms with Gasteiger partial charge in [0.2, 0.25) is 0 Å². The maximum Gasteiger partial charge on any atom is 0.315 e. The highest BCUT2D eigenvalue weighted by molar-refractivity contribution is 5.76. The monoisotopic (exact) mass is 393 g/mol. The summed E-state index contributed by atoms with van der Waals surface area (Å²) >= 11 is 0. The number of aromatic amines is 1. The molecule has 4 rings (SSSR count). The number of methoxy groups -OCH3 is 1. The summed E-state index contributed by atoms with van der Waals surface area (Å²) in [6, 6.07) is 15.5. The van der Waals surface area contributed by atoms with E-state index in [-0.39, 0.29) is 18.1 Å². The number of para-hydroxylation sites is 2. The summed E-state index contributed by atoms with van der Waals surface area (Å²) in [5.41, 5.74) is 2.94. The predicted octanol–water partition coefficient (Wildman–Crippen LogP) is 2.91. The van der Waals surface area contributed by atoms with Gasteiger partial charge in [-0.3, -0.25) is 0 Å². The van der Waals surface area contributed by atoms with Crippen LogP contribution in [0.4, 0.5) is 4.79 Å². The highest BCUT2D eigenvalue weighted by atomic mass is 16.5. The fraction of sp³-hybridized carbons (Fsp3) is 0.364. The molecule has 4 N–H and O–H groups in total. The Balaban J connectivity index is 1.52. The van der Waals surface area contributed by atoms with E-state index in [1.165, 1.54) is 0 Å². The van der Waals surface area contributed by atoms with Crippen molar-refractivity contribution in [1.82, 2.24) is 25.9 Å². The standard InChI is InChI=1S/C22H27N5O2/c1-29-17-10-8-15(9-11-17)13-20(21-25-18-6-2-3-7-19(18)26-21)27-22(28)24-16-5-4-12-23-14-16/h2-3,6-11,16,20,23H,4-5,12-14H2,1H3,(H,25,26)(H2,24,27,28)/t16?,20-/m1/s1. The maximum atomic E-state index is 12.7. The molecule has 0 saturated carbocycles. The van der Waals surface area contributed by atoms with Crippen molar-refractivity contribution in [3.63, 3.8) is 0 Å². The number of rotatable bonds is 6. The number of ether oxygens (including phenoxy) is 1. The van der Waals surface area contributed by atoms with Gasteiger partial charge in [-0.25, -0.2) is 9.78 Å². The van der Waals surface area contributed by atoms with E-state index in [0.717, 1.165) is 54.1 Å². The zero-order valence-corrected chi connectivity index (χ0v) is 16.6. The molecule has 1 aliphatic rings. The molecule has 2 atom stereocenters. The third-order valence-electron chi connectivity index (χ3n) is 5.27. The lowest BCUT2D eigenvalue weighted by molar-refractivity contribution is 0.229. The van der Waals surface area contributed by atoms with Gasteiger partial charge >= 0.3 is 6.03 Å². The molecule has 1 aromatic heterocycles. The van der Waals surface area contributed by atoms with Gasteiger partial charge in [0.15, 0.2) is 0 Å². The van der Waals surface area contributed by atoms with E-state index < -0.39 is 0 Å². The Hall–Kier alpha value is -3.06. The predicted molar refractivity (Wildman–Crippen MR) is 113 cm³/mol. The molecular weight excluding hydrogens is 366 g/mol. The van der Waals surface area contributed by atoms with Crippen LogP contribution < -0.4 is 20.7 Å². The number of piperidine rings is 1. The largest absolute Gasteiger partial charge is 0.497 e. The van der Waals surface area contributed by atoms with E-state index in [2.05, 4.69) is 20.9 Å². The molecule has 0 aliphatic carbocycles. The molecule has 1 fully saturated rings. The van der Waals surface area contributed by atoms with Crippen molar-refractivity contribution in [2.45, 2.75) is 31.3 Å². The van der Waals surface area contributed by atoms with Crippen LogP contribution in [-0.2, 0) is 6.42 Å². The number of nitrogens with zero attached hydrogens (tertiary/aromatic N) is 1. The quantitative estimate of drug-likeness (QED) is 0.518. The zero-order chi connectivity index (χ0) is 20.1. The first-order chi connectivity index (χ1) is 14.2. The Labute approximate surface area is 170 Å². The topological polar surface area (TPSA) is 91.1 Å². The SMILES string of the molecule is COc1ccc(C[C@@H](NC(=O)NC2CCCNC2)c2nc3ccccc3[nH]2)cc1. The number of imidazole rings is 1. The average molecular weight is 393 g/mol. The highest BCUT2D eigenvalue weighted by Gasteiger charge is 2.21. The molecule has 152 valence electrons. The van der Waals surface area contributed by atoms with E-state index in [4.69, 9.17) is 9.72 Å². The number of aromatic nitrogens is 2. The van der Waals surface area contributed by atoms with Gasteiger partial charge in [-0.15, -0.1) is 0 Å². The molecule has 1 saturated heterocycles. The number of H-pyrrole nitrogens is 1. The van der Waals surface area contributed by atoms with Gasteiger partial charge in [0.25, 0.3) is 0 Å². The van der Waals surface area contributed by atoms with Crippen LogP contribution in [0.25, 0.3) is 11.0 Å². The lowest BCUT2D eigenvalue weighted by Gasteiger charge is -2.25. The number of fused-ring (bicyclic) bond motifs is 1.